The summed E-state index contributed by atoms with van der Waals surface area (Å²) in [5.74, 6) is -1.51. The van der Waals surface area contributed by atoms with Gasteiger partial charge in [0.25, 0.3) is 5.56 Å². The van der Waals surface area contributed by atoms with Crippen molar-refractivity contribution < 1.29 is 23.1 Å². The molecule has 4 rings (SSSR count). The van der Waals surface area contributed by atoms with Crippen molar-refractivity contribution in [3.05, 3.63) is 74.1 Å². The van der Waals surface area contributed by atoms with Gasteiger partial charge in [-0.3, -0.25) is 9.20 Å². The van der Waals surface area contributed by atoms with Crippen LogP contribution in [0.1, 0.15) is 52.1 Å². The maximum atomic E-state index is 13.7. The van der Waals surface area contributed by atoms with Crippen LogP contribution in [0.15, 0.2) is 35.3 Å². The zero-order valence-corrected chi connectivity index (χ0v) is 19.6. The minimum atomic E-state index is -4.73. The van der Waals surface area contributed by atoms with Gasteiger partial charge in [0.05, 0.1) is 28.9 Å². The van der Waals surface area contributed by atoms with Gasteiger partial charge in [-0.2, -0.15) is 18.4 Å². The zero-order valence-electron chi connectivity index (χ0n) is 18.9. The SMILES string of the molecule is Cc1c(C2=CCC(C#N)CC2)nc2c(CNc3ccc(Cl)nc3C(=O)O)cc(C(F)(F)F)cn2c1=O. The van der Waals surface area contributed by atoms with E-state index in [1.165, 1.54) is 19.1 Å². The van der Waals surface area contributed by atoms with Crippen molar-refractivity contribution in [3.8, 4) is 6.07 Å². The van der Waals surface area contributed by atoms with E-state index in [-0.39, 0.29) is 40.1 Å². The zero-order chi connectivity index (χ0) is 26.2. The number of halogens is 4. The van der Waals surface area contributed by atoms with Gasteiger partial charge in [0, 0.05) is 23.9 Å². The van der Waals surface area contributed by atoms with Crippen molar-refractivity contribution in [1.82, 2.24) is 14.4 Å². The number of hydrogen-bond acceptors (Lipinski definition) is 6. The van der Waals surface area contributed by atoms with E-state index in [2.05, 4.69) is 21.4 Å². The Morgan fingerprint density at radius 2 is 2.11 bits per heavy atom. The topological polar surface area (TPSA) is 120 Å². The number of fused-ring (bicyclic) bond motifs is 1. The van der Waals surface area contributed by atoms with Gasteiger partial charge in [-0.1, -0.05) is 17.7 Å². The van der Waals surface area contributed by atoms with E-state index >= 15 is 0 Å². The molecule has 3 aromatic heterocycles. The Morgan fingerprint density at radius 3 is 2.72 bits per heavy atom. The van der Waals surface area contributed by atoms with E-state index < -0.39 is 29.0 Å². The second-order valence-corrected chi connectivity index (χ2v) is 8.74. The second kappa shape index (κ2) is 9.62. The van der Waals surface area contributed by atoms with E-state index in [4.69, 9.17) is 16.9 Å². The van der Waals surface area contributed by atoms with Crippen molar-refractivity contribution in [3.63, 3.8) is 0 Å². The lowest BCUT2D eigenvalue weighted by Crippen LogP contribution is -2.24. The standard InChI is InChI=1S/C24H19ClF3N5O3/c1-12-19(14-4-2-13(9-29)3-5-14)32-21-15(8-16(24(26,27)28)11-33(21)22(12)34)10-30-17-6-7-18(25)31-20(17)23(35)36/h4,6-8,11,13,30H,2-3,5,10H2,1H3,(H,35,36). The van der Waals surface area contributed by atoms with Gasteiger partial charge in [0.1, 0.15) is 10.8 Å². The lowest BCUT2D eigenvalue weighted by molar-refractivity contribution is -0.137. The molecule has 0 bridgehead atoms. The highest BCUT2D eigenvalue weighted by atomic mass is 35.5. The molecule has 0 fully saturated rings. The number of nitrogens with one attached hydrogen (secondary N) is 1. The number of hydrogen-bond donors (Lipinski definition) is 2. The van der Waals surface area contributed by atoms with Crippen LogP contribution >= 0.6 is 11.6 Å². The summed E-state index contributed by atoms with van der Waals surface area (Å²) in [5.41, 5.74) is -0.709. The number of nitrogens with zero attached hydrogens (tertiary/aromatic N) is 4. The molecule has 8 nitrogen and oxygen atoms in total. The molecular weight excluding hydrogens is 499 g/mol. The van der Waals surface area contributed by atoms with Gasteiger partial charge in [-0.25, -0.2) is 14.8 Å². The van der Waals surface area contributed by atoms with Gasteiger partial charge in [-0.15, -0.1) is 0 Å². The first-order chi connectivity index (χ1) is 17.0. The first-order valence-corrected chi connectivity index (χ1v) is 11.2. The fourth-order valence-corrected chi connectivity index (χ4v) is 4.24. The number of alkyl halides is 3. The highest BCUT2D eigenvalue weighted by Gasteiger charge is 2.32. The molecule has 0 saturated heterocycles. The lowest BCUT2D eigenvalue weighted by Gasteiger charge is -2.19. The van der Waals surface area contributed by atoms with Crippen LogP contribution in [0.3, 0.4) is 0 Å². The molecule has 0 radical (unpaired) electrons. The normalized spacial score (nSPS) is 15.9. The largest absolute Gasteiger partial charge is 0.476 e. The summed E-state index contributed by atoms with van der Waals surface area (Å²) in [5, 5.41) is 21.3. The molecule has 1 atom stereocenters. The summed E-state index contributed by atoms with van der Waals surface area (Å²) < 4.78 is 41.8. The van der Waals surface area contributed by atoms with Crippen LogP contribution in [-0.2, 0) is 12.7 Å². The van der Waals surface area contributed by atoms with Crippen LogP contribution in [0.4, 0.5) is 18.9 Å². The van der Waals surface area contributed by atoms with Crippen LogP contribution in [0.2, 0.25) is 5.15 Å². The first-order valence-electron chi connectivity index (χ1n) is 10.9. The van der Waals surface area contributed by atoms with Crippen LogP contribution in [0.5, 0.6) is 0 Å². The summed E-state index contributed by atoms with van der Waals surface area (Å²) in [4.78, 5) is 33.0. The van der Waals surface area contributed by atoms with Crippen molar-refractivity contribution >= 4 is 34.5 Å². The predicted molar refractivity (Wildman–Crippen MR) is 126 cm³/mol. The Bertz CT molecular complexity index is 1510. The quantitative estimate of drug-likeness (QED) is 0.452. The average molecular weight is 518 g/mol. The number of carbonyl (C=O) groups is 1. The Morgan fingerprint density at radius 1 is 1.36 bits per heavy atom. The molecule has 0 amide bonds. The number of pyridine rings is 2. The molecule has 0 aliphatic heterocycles. The van der Waals surface area contributed by atoms with Gasteiger partial charge in [-0.05, 0) is 50.0 Å². The van der Waals surface area contributed by atoms with Gasteiger partial charge < -0.3 is 10.4 Å². The smallest absolute Gasteiger partial charge is 0.417 e. The van der Waals surface area contributed by atoms with Gasteiger partial charge >= 0.3 is 12.1 Å². The van der Waals surface area contributed by atoms with Crippen LogP contribution in [0.25, 0.3) is 11.2 Å². The molecule has 36 heavy (non-hydrogen) atoms. The van der Waals surface area contributed by atoms with Crippen LogP contribution in [0, 0.1) is 24.2 Å². The van der Waals surface area contributed by atoms with E-state index in [1.54, 1.807) is 0 Å². The molecule has 1 unspecified atom stereocenters. The summed E-state index contributed by atoms with van der Waals surface area (Å²) in [6, 6.07) is 5.77. The number of carboxylic acid groups (broad SMARTS) is 1. The first kappa shape index (κ1) is 25.2. The third kappa shape index (κ3) is 4.90. The fourth-order valence-electron chi connectivity index (χ4n) is 4.09. The maximum absolute atomic E-state index is 13.7. The minimum absolute atomic E-state index is 0.00297. The Kier molecular flexibility index (Phi) is 6.73. The van der Waals surface area contributed by atoms with E-state index in [9.17, 15) is 27.9 Å². The number of rotatable bonds is 5. The number of aromatic nitrogens is 3. The molecular formula is C24H19ClF3N5O3. The molecule has 0 spiro atoms. The number of aromatic carboxylic acids is 1. The molecule has 2 N–H and O–H groups in total. The summed E-state index contributed by atoms with van der Waals surface area (Å²) in [7, 11) is 0. The average Bonchev–Trinajstić information content (AvgIpc) is 2.84. The summed E-state index contributed by atoms with van der Waals surface area (Å²) in [6.07, 6.45) is -0.599. The third-order valence-corrected chi connectivity index (χ3v) is 6.19. The number of nitriles is 1. The lowest BCUT2D eigenvalue weighted by atomic mass is 9.88. The molecule has 0 saturated carbocycles. The molecule has 1 aliphatic rings. The number of anilines is 1. The Hall–Kier alpha value is -3.91. The van der Waals surface area contributed by atoms with Crippen molar-refractivity contribution in [1.29, 1.82) is 5.26 Å². The highest BCUT2D eigenvalue weighted by molar-refractivity contribution is 6.29. The van der Waals surface area contributed by atoms with Crippen molar-refractivity contribution in [2.75, 3.05) is 5.32 Å². The maximum Gasteiger partial charge on any atom is 0.417 e. The van der Waals surface area contributed by atoms with Gasteiger partial charge in [0.15, 0.2) is 5.69 Å². The van der Waals surface area contributed by atoms with Crippen LogP contribution in [-0.4, -0.2) is 25.4 Å². The summed E-state index contributed by atoms with van der Waals surface area (Å²) >= 11 is 5.77. The molecule has 12 heteroatoms. The fraction of sp³-hybridized carbons (Fsp3) is 0.292. The Labute approximate surface area is 207 Å². The van der Waals surface area contributed by atoms with E-state index in [0.29, 0.717) is 31.2 Å². The predicted octanol–water partition coefficient (Wildman–Crippen LogP) is 5.09. The van der Waals surface area contributed by atoms with Crippen molar-refractivity contribution in [2.24, 2.45) is 5.92 Å². The highest BCUT2D eigenvalue weighted by Crippen LogP contribution is 2.33. The monoisotopic (exact) mass is 517 g/mol. The Balaban J connectivity index is 1.85. The van der Waals surface area contributed by atoms with E-state index in [0.717, 1.165) is 16.0 Å². The van der Waals surface area contributed by atoms with Gasteiger partial charge in [0.2, 0.25) is 0 Å². The number of carboxylic acids is 1. The van der Waals surface area contributed by atoms with Crippen molar-refractivity contribution in [2.45, 2.75) is 38.9 Å². The number of allylic oxidation sites excluding steroid dienone is 2. The summed E-state index contributed by atoms with van der Waals surface area (Å²) in [6.45, 7) is 1.23. The van der Waals surface area contributed by atoms with E-state index in [1.807, 2.05) is 6.08 Å². The molecule has 186 valence electrons. The second-order valence-electron chi connectivity index (χ2n) is 8.35. The minimum Gasteiger partial charge on any atom is -0.476 e. The molecule has 3 aromatic rings. The molecule has 1 aliphatic carbocycles. The molecule has 0 aromatic carbocycles. The third-order valence-electron chi connectivity index (χ3n) is 5.98. The molecule has 3 heterocycles. The van der Waals surface area contributed by atoms with Crippen LogP contribution < -0.4 is 10.9 Å².